The number of nitrogens with zero attached hydrogens (tertiary/aromatic N) is 2. The van der Waals surface area contributed by atoms with Crippen LogP contribution >= 0.6 is 0 Å². The van der Waals surface area contributed by atoms with Crippen molar-refractivity contribution >= 4 is 23.2 Å². The zero-order valence-electron chi connectivity index (χ0n) is 21.6. The van der Waals surface area contributed by atoms with Crippen LogP contribution in [0.15, 0.2) is 35.1 Å². The monoisotopic (exact) mass is 527 g/mol. The van der Waals surface area contributed by atoms with E-state index in [2.05, 4.69) is 5.32 Å². The van der Waals surface area contributed by atoms with Crippen molar-refractivity contribution in [3.05, 3.63) is 46.2 Å². The molecule has 5 atom stereocenters. The summed E-state index contributed by atoms with van der Waals surface area (Å²) >= 11 is 0. The number of benzene rings is 1. The topological polar surface area (TPSA) is 171 Å². The lowest BCUT2D eigenvalue weighted by Gasteiger charge is -2.53. The average molecular weight is 528 g/mol. The number of aromatic hydroxyl groups is 1. The van der Waals surface area contributed by atoms with Gasteiger partial charge in [-0.3, -0.25) is 24.2 Å². The van der Waals surface area contributed by atoms with Crippen molar-refractivity contribution in [1.82, 2.24) is 15.1 Å². The first-order valence-corrected chi connectivity index (χ1v) is 12.7. The average Bonchev–Trinajstić information content (AvgIpc) is 3.37. The maximum Gasteiger partial charge on any atom is 0.259 e. The van der Waals surface area contributed by atoms with E-state index in [1.807, 2.05) is 4.90 Å². The molecule has 11 heteroatoms. The number of phenols is 1. The highest BCUT2D eigenvalue weighted by atomic mass is 16.3. The number of carbonyl (C=O) groups excluding carboxylic acids is 3. The molecule has 0 aromatic heterocycles. The molecule has 1 aliphatic heterocycles. The fourth-order valence-electron chi connectivity index (χ4n) is 6.70. The Hall–Kier alpha value is -3.25. The second-order valence-corrected chi connectivity index (χ2v) is 11.1. The Morgan fingerprint density at radius 2 is 1.79 bits per heavy atom. The van der Waals surface area contributed by atoms with Crippen LogP contribution in [0.25, 0.3) is 5.76 Å². The fraction of sp³-hybridized carbons (Fsp3) is 0.519. The van der Waals surface area contributed by atoms with Crippen molar-refractivity contribution in [2.75, 3.05) is 33.9 Å². The summed E-state index contributed by atoms with van der Waals surface area (Å²) < 4.78 is 0. The van der Waals surface area contributed by atoms with Gasteiger partial charge in [-0.1, -0.05) is 12.1 Å². The van der Waals surface area contributed by atoms with Crippen LogP contribution < -0.4 is 5.32 Å². The molecular weight excluding hydrogens is 494 g/mol. The van der Waals surface area contributed by atoms with E-state index in [4.69, 9.17) is 0 Å². The number of aliphatic hydroxyl groups excluding tert-OH is 2. The summed E-state index contributed by atoms with van der Waals surface area (Å²) in [6.45, 7) is 3.11. The summed E-state index contributed by atoms with van der Waals surface area (Å²) in [4.78, 5) is 44.3. The van der Waals surface area contributed by atoms with Gasteiger partial charge in [-0.15, -0.1) is 0 Å². The standard InChI is InChI=1S/C27H33N3O8/c1-26(37)13-7-6-8-16(31)17(13)21(32)18-14(26)11-15-20(29(2)3)22(33)19(24(35)27(15,38)23(18)34)25(36)28-12-30-9-4-5-10-30/h6-8,14-15,20,31-32,35,37-38H,4-5,9-12H2,1-3H3,(H,28,36)/t14-,15-,20-,26-,27+/m0/s1. The van der Waals surface area contributed by atoms with Gasteiger partial charge in [-0.25, -0.2) is 0 Å². The molecule has 1 saturated heterocycles. The number of likely N-dealkylation sites (N-methyl/N-ethyl adjacent to an activating group) is 1. The van der Waals surface area contributed by atoms with Gasteiger partial charge in [0, 0.05) is 17.4 Å². The fourth-order valence-corrected chi connectivity index (χ4v) is 6.70. The van der Waals surface area contributed by atoms with Crippen LogP contribution in [-0.4, -0.2) is 98.3 Å². The molecule has 0 unspecified atom stereocenters. The molecule has 11 nitrogen and oxygen atoms in total. The third-order valence-electron chi connectivity index (χ3n) is 8.66. The second-order valence-electron chi connectivity index (χ2n) is 11.1. The molecule has 2 fully saturated rings. The van der Waals surface area contributed by atoms with E-state index < -0.39 is 63.6 Å². The minimum atomic E-state index is -2.72. The first kappa shape index (κ1) is 26.4. The molecule has 38 heavy (non-hydrogen) atoms. The van der Waals surface area contributed by atoms with Crippen molar-refractivity contribution in [3.63, 3.8) is 0 Å². The van der Waals surface area contributed by atoms with E-state index in [9.17, 15) is 39.9 Å². The number of nitrogens with one attached hydrogen (secondary N) is 1. The summed E-state index contributed by atoms with van der Waals surface area (Å²) in [6, 6.07) is 3.12. The molecule has 0 radical (unpaired) electrons. The Morgan fingerprint density at radius 1 is 1.13 bits per heavy atom. The SMILES string of the molecule is CN(C)[C@@H]1C(=O)C(C(=O)NCN2CCCC2)=C(O)[C@]2(O)C(=O)C3=C(O)c4c(O)cccc4[C@](C)(O)[C@H]3C[C@@H]12. The van der Waals surface area contributed by atoms with Gasteiger partial charge in [0.15, 0.2) is 11.4 Å². The van der Waals surface area contributed by atoms with Gasteiger partial charge in [0.25, 0.3) is 5.91 Å². The number of aliphatic hydroxyl groups is 4. The number of hydrogen-bond acceptors (Lipinski definition) is 10. The smallest absolute Gasteiger partial charge is 0.259 e. The van der Waals surface area contributed by atoms with Gasteiger partial charge in [0.1, 0.15) is 22.8 Å². The van der Waals surface area contributed by atoms with Crippen molar-refractivity contribution < 1.29 is 39.9 Å². The first-order chi connectivity index (χ1) is 17.8. The van der Waals surface area contributed by atoms with Gasteiger partial charge in [0.2, 0.25) is 5.78 Å². The first-order valence-electron chi connectivity index (χ1n) is 12.7. The molecule has 1 aromatic rings. The second kappa shape index (κ2) is 8.91. The highest BCUT2D eigenvalue weighted by Gasteiger charge is 2.66. The minimum Gasteiger partial charge on any atom is -0.508 e. The summed E-state index contributed by atoms with van der Waals surface area (Å²) in [5, 5.41) is 59.0. The van der Waals surface area contributed by atoms with E-state index in [1.54, 1.807) is 14.1 Å². The molecular formula is C27H33N3O8. The number of hydrogen-bond donors (Lipinski definition) is 6. The Bertz CT molecular complexity index is 1290. The van der Waals surface area contributed by atoms with Gasteiger partial charge in [-0.05, 0) is 65.0 Å². The zero-order valence-corrected chi connectivity index (χ0v) is 21.6. The van der Waals surface area contributed by atoms with Crippen molar-refractivity contribution in [3.8, 4) is 5.75 Å². The molecule has 3 aliphatic carbocycles. The molecule has 4 aliphatic rings. The number of likely N-dealkylation sites (tertiary alicyclic amines) is 1. The number of phenolic OH excluding ortho intramolecular Hbond substituents is 1. The van der Waals surface area contributed by atoms with E-state index in [1.165, 1.54) is 30.0 Å². The lowest BCUT2D eigenvalue weighted by molar-refractivity contribution is -0.159. The minimum absolute atomic E-state index is 0.137. The van der Waals surface area contributed by atoms with E-state index in [-0.39, 0.29) is 35.5 Å². The Kier molecular flexibility index (Phi) is 6.18. The highest BCUT2D eigenvalue weighted by molar-refractivity contribution is 6.25. The van der Waals surface area contributed by atoms with Crippen LogP contribution in [0.1, 0.15) is 37.3 Å². The van der Waals surface area contributed by atoms with Crippen LogP contribution in [0.3, 0.4) is 0 Å². The van der Waals surface area contributed by atoms with E-state index in [0.29, 0.717) is 0 Å². The number of fused-ring (bicyclic) bond motifs is 3. The van der Waals surface area contributed by atoms with Crippen LogP contribution in [0.2, 0.25) is 0 Å². The predicted octanol–water partition coefficient (Wildman–Crippen LogP) is 0.313. The molecule has 0 bridgehead atoms. The molecule has 0 spiro atoms. The lowest BCUT2D eigenvalue weighted by atomic mass is 9.54. The largest absolute Gasteiger partial charge is 0.508 e. The maximum absolute atomic E-state index is 14.0. The Balaban J connectivity index is 1.65. The van der Waals surface area contributed by atoms with E-state index >= 15 is 0 Å². The van der Waals surface area contributed by atoms with Crippen LogP contribution in [0.5, 0.6) is 5.75 Å². The van der Waals surface area contributed by atoms with E-state index in [0.717, 1.165) is 25.9 Å². The van der Waals surface area contributed by atoms with Crippen LogP contribution in [0.4, 0.5) is 0 Å². The normalized spacial score (nSPS) is 33.4. The van der Waals surface area contributed by atoms with Crippen LogP contribution in [0, 0.1) is 11.8 Å². The Morgan fingerprint density at radius 3 is 2.42 bits per heavy atom. The molecule has 204 valence electrons. The number of rotatable bonds is 4. The number of Topliss-reactive ketones (excluding diaryl/α,β-unsaturated/α-hetero) is 2. The third kappa shape index (κ3) is 3.53. The van der Waals surface area contributed by atoms with Crippen molar-refractivity contribution in [1.29, 1.82) is 0 Å². The summed E-state index contributed by atoms with van der Waals surface area (Å²) in [6.07, 6.45) is 1.78. The quantitative estimate of drug-likeness (QED) is 0.300. The molecule has 6 N–H and O–H groups in total. The predicted molar refractivity (Wildman–Crippen MR) is 135 cm³/mol. The van der Waals surface area contributed by atoms with Gasteiger partial charge in [-0.2, -0.15) is 0 Å². The summed E-state index contributed by atoms with van der Waals surface area (Å²) in [7, 11) is 3.12. The summed E-state index contributed by atoms with van der Waals surface area (Å²) in [5.74, 6) is -7.17. The highest BCUT2D eigenvalue weighted by Crippen LogP contribution is 2.57. The van der Waals surface area contributed by atoms with Gasteiger partial charge in [0.05, 0.1) is 23.9 Å². The third-order valence-corrected chi connectivity index (χ3v) is 8.66. The lowest BCUT2D eigenvalue weighted by Crippen LogP contribution is -2.67. The Labute approximate surface area is 219 Å². The van der Waals surface area contributed by atoms with Crippen molar-refractivity contribution in [2.24, 2.45) is 11.8 Å². The molecule has 5 rings (SSSR count). The maximum atomic E-state index is 14.0. The van der Waals surface area contributed by atoms with Gasteiger partial charge < -0.3 is 30.8 Å². The molecule has 1 heterocycles. The number of ketones is 2. The van der Waals surface area contributed by atoms with Crippen molar-refractivity contribution in [2.45, 2.75) is 43.4 Å². The molecule has 1 aromatic carbocycles. The van der Waals surface area contributed by atoms with Crippen LogP contribution in [-0.2, 0) is 20.0 Å². The molecule has 1 amide bonds. The van der Waals surface area contributed by atoms with Gasteiger partial charge >= 0.3 is 0 Å². The molecule has 1 saturated carbocycles. The zero-order chi connectivity index (χ0) is 27.7. The number of carbonyl (C=O) groups is 3. The summed E-state index contributed by atoms with van der Waals surface area (Å²) in [5.41, 5.74) is -5.54. The number of amides is 1.